The molecule has 0 aliphatic heterocycles. The number of aliphatic hydroxyl groups excluding tert-OH is 1. The van der Waals surface area contributed by atoms with Gasteiger partial charge in [-0.2, -0.15) is 0 Å². The summed E-state index contributed by atoms with van der Waals surface area (Å²) in [6.45, 7) is 0.375. The van der Waals surface area contributed by atoms with E-state index in [-0.39, 0.29) is 0 Å². The molecule has 28 heavy (non-hydrogen) atoms. The summed E-state index contributed by atoms with van der Waals surface area (Å²) < 4.78 is 0. The number of nitrogens with one attached hydrogen (secondary N) is 3. The molecular weight excluding hydrogens is 382 g/mol. The van der Waals surface area contributed by atoms with Crippen molar-refractivity contribution in [3.05, 3.63) is 0 Å². The van der Waals surface area contributed by atoms with Gasteiger partial charge in [0.05, 0.1) is 31.5 Å². The zero-order chi connectivity index (χ0) is 22.0. The van der Waals surface area contributed by atoms with E-state index in [1.54, 1.807) is 0 Å². The summed E-state index contributed by atoms with van der Waals surface area (Å²) in [5.41, 5.74) is 10.3. The summed E-state index contributed by atoms with van der Waals surface area (Å²) in [5, 5.41) is 33.0. The molecule has 4 amide bonds. The molecule has 0 aliphatic rings. The third-order valence-electron chi connectivity index (χ3n) is 3.26. The van der Waals surface area contributed by atoms with Gasteiger partial charge in [0.1, 0.15) is 6.04 Å². The predicted octanol–water partition coefficient (Wildman–Crippen LogP) is -4.78. The first kappa shape index (κ1) is 24.7. The van der Waals surface area contributed by atoms with Gasteiger partial charge in [0.2, 0.25) is 23.6 Å². The van der Waals surface area contributed by atoms with Gasteiger partial charge in [0.15, 0.2) is 6.04 Å². The average Bonchev–Trinajstić information content (AvgIpc) is 2.55. The number of nitrogens with two attached hydrogens (primary N) is 2. The Kier molecular flexibility index (Phi) is 10.1. The number of carboxylic acid groups (broad SMARTS) is 2. The maximum Gasteiger partial charge on any atom is 0.328 e. The van der Waals surface area contributed by atoms with Crippen LogP contribution in [0, 0.1) is 0 Å². The number of carboxylic acids is 2. The number of aliphatic carboxylic acids is 2. The Hall–Kier alpha value is -3.26. The first-order chi connectivity index (χ1) is 12.8. The monoisotopic (exact) mass is 405 g/mol. The fourth-order valence-corrected chi connectivity index (χ4v) is 1.88. The van der Waals surface area contributed by atoms with E-state index in [1.165, 1.54) is 0 Å². The van der Waals surface area contributed by atoms with E-state index in [9.17, 15) is 33.9 Å². The van der Waals surface area contributed by atoms with Crippen LogP contribution >= 0.6 is 0 Å². The predicted molar refractivity (Wildman–Crippen MR) is 90.2 cm³/mol. The van der Waals surface area contributed by atoms with Gasteiger partial charge in [0.25, 0.3) is 0 Å². The summed E-state index contributed by atoms with van der Waals surface area (Å²) in [5.74, 6) is -6.90. The molecular formula is C14H23N5O9. The van der Waals surface area contributed by atoms with Gasteiger partial charge in [0, 0.05) is 0 Å². The fourth-order valence-electron chi connectivity index (χ4n) is 1.88. The van der Waals surface area contributed by atoms with Crippen molar-refractivity contribution in [3.8, 4) is 0 Å². The van der Waals surface area contributed by atoms with Crippen LogP contribution in [0.2, 0.25) is 0 Å². The summed E-state index contributed by atoms with van der Waals surface area (Å²) in [6, 6.07) is -4.65. The molecule has 0 aromatic rings. The molecule has 0 saturated carbocycles. The first-order valence-corrected chi connectivity index (χ1v) is 7.89. The van der Waals surface area contributed by atoms with Crippen LogP contribution in [0.3, 0.4) is 0 Å². The summed E-state index contributed by atoms with van der Waals surface area (Å²) in [4.78, 5) is 68.1. The van der Waals surface area contributed by atoms with E-state index >= 15 is 0 Å². The highest BCUT2D eigenvalue weighted by Crippen LogP contribution is 1.97. The molecule has 4 unspecified atom stereocenters. The molecule has 14 nitrogen and oxygen atoms in total. The SMILES string of the molecule is CC(O)C(NC(=O)CNC(=O)C(CC(=O)O)NC(=O)C(N)CC(N)=O)C(=O)O. The number of primary amides is 1. The van der Waals surface area contributed by atoms with Gasteiger partial charge in [-0.25, -0.2) is 4.79 Å². The van der Waals surface area contributed by atoms with Crippen LogP contribution in [0.25, 0.3) is 0 Å². The lowest BCUT2D eigenvalue weighted by molar-refractivity contribution is -0.145. The largest absolute Gasteiger partial charge is 0.481 e. The molecule has 0 fully saturated rings. The number of rotatable bonds is 12. The number of carbonyl (C=O) groups is 6. The molecule has 0 aliphatic carbocycles. The van der Waals surface area contributed by atoms with Crippen LogP contribution in [0.15, 0.2) is 0 Å². The van der Waals surface area contributed by atoms with Gasteiger partial charge in [-0.3, -0.25) is 24.0 Å². The molecule has 14 heteroatoms. The molecule has 0 radical (unpaired) electrons. The van der Waals surface area contributed by atoms with Crippen LogP contribution in [0.4, 0.5) is 0 Å². The second-order valence-corrected chi connectivity index (χ2v) is 5.78. The lowest BCUT2D eigenvalue weighted by Gasteiger charge is -2.20. The molecule has 0 spiro atoms. The molecule has 0 bridgehead atoms. The van der Waals surface area contributed by atoms with Crippen molar-refractivity contribution in [2.45, 2.75) is 44.0 Å². The average molecular weight is 405 g/mol. The zero-order valence-corrected chi connectivity index (χ0v) is 14.9. The molecule has 0 aromatic heterocycles. The molecule has 10 N–H and O–H groups in total. The summed E-state index contributed by atoms with van der Waals surface area (Å²) in [7, 11) is 0. The van der Waals surface area contributed by atoms with Crippen LogP contribution in [-0.2, 0) is 28.8 Å². The molecule has 0 heterocycles. The molecule has 158 valence electrons. The standard InChI is InChI=1S/C14H23N5O9/c1-5(20)11(14(27)28)19-9(22)4-17-13(26)7(3-10(23)24)18-12(25)6(15)2-8(16)21/h5-7,11,20H,2-4,15H2,1H3,(H2,16,21)(H,17,26)(H,18,25)(H,19,22)(H,23,24)(H,27,28). The summed E-state index contributed by atoms with van der Waals surface area (Å²) >= 11 is 0. The van der Waals surface area contributed by atoms with Gasteiger partial charge < -0.3 is 42.7 Å². The Balaban J connectivity index is 4.87. The minimum Gasteiger partial charge on any atom is -0.481 e. The van der Waals surface area contributed by atoms with Crippen LogP contribution in [0.5, 0.6) is 0 Å². The topological polar surface area (TPSA) is 251 Å². The van der Waals surface area contributed by atoms with Crippen molar-refractivity contribution in [2.24, 2.45) is 11.5 Å². The highest BCUT2D eigenvalue weighted by Gasteiger charge is 2.28. The van der Waals surface area contributed by atoms with Gasteiger partial charge in [-0.15, -0.1) is 0 Å². The number of hydrogen-bond donors (Lipinski definition) is 8. The summed E-state index contributed by atoms with van der Waals surface area (Å²) in [6.07, 6.45) is -2.80. The maximum atomic E-state index is 12.0. The highest BCUT2D eigenvalue weighted by molar-refractivity contribution is 5.95. The van der Waals surface area contributed by atoms with Crippen LogP contribution in [-0.4, -0.2) is 81.7 Å². The zero-order valence-electron chi connectivity index (χ0n) is 14.9. The van der Waals surface area contributed by atoms with Crippen molar-refractivity contribution >= 4 is 35.6 Å². The normalized spacial score (nSPS) is 14.7. The highest BCUT2D eigenvalue weighted by atomic mass is 16.4. The second-order valence-electron chi connectivity index (χ2n) is 5.78. The third kappa shape index (κ3) is 9.44. The van der Waals surface area contributed by atoms with E-state index in [0.29, 0.717) is 0 Å². The van der Waals surface area contributed by atoms with Crippen molar-refractivity contribution in [1.29, 1.82) is 0 Å². The van der Waals surface area contributed by atoms with Crippen molar-refractivity contribution < 1.29 is 44.1 Å². The second kappa shape index (κ2) is 11.5. The third-order valence-corrected chi connectivity index (χ3v) is 3.26. The van der Waals surface area contributed by atoms with E-state index < -0.39 is 79.2 Å². The Labute approximate surface area is 158 Å². The number of carbonyl (C=O) groups excluding carboxylic acids is 4. The van der Waals surface area contributed by atoms with E-state index in [2.05, 4.69) is 0 Å². The quantitative estimate of drug-likeness (QED) is 0.154. The Bertz CT molecular complexity index is 637. The first-order valence-electron chi connectivity index (χ1n) is 7.89. The number of aliphatic hydroxyl groups is 1. The van der Waals surface area contributed by atoms with E-state index in [4.69, 9.17) is 21.7 Å². The Morgan fingerprint density at radius 2 is 1.54 bits per heavy atom. The number of hydrogen-bond acceptors (Lipinski definition) is 8. The lowest BCUT2D eigenvalue weighted by atomic mass is 10.1. The molecule has 0 aromatic carbocycles. The van der Waals surface area contributed by atoms with Crippen molar-refractivity contribution in [2.75, 3.05) is 6.54 Å². The van der Waals surface area contributed by atoms with Gasteiger partial charge in [-0.1, -0.05) is 0 Å². The van der Waals surface area contributed by atoms with Crippen molar-refractivity contribution in [1.82, 2.24) is 16.0 Å². The molecule has 4 atom stereocenters. The van der Waals surface area contributed by atoms with Gasteiger partial charge >= 0.3 is 11.9 Å². The van der Waals surface area contributed by atoms with Crippen LogP contribution < -0.4 is 27.4 Å². The van der Waals surface area contributed by atoms with Crippen LogP contribution in [0.1, 0.15) is 19.8 Å². The lowest BCUT2D eigenvalue weighted by Crippen LogP contribution is -2.55. The Morgan fingerprint density at radius 1 is 0.964 bits per heavy atom. The number of amides is 4. The maximum absolute atomic E-state index is 12.0. The van der Waals surface area contributed by atoms with E-state index in [1.807, 2.05) is 16.0 Å². The smallest absolute Gasteiger partial charge is 0.328 e. The van der Waals surface area contributed by atoms with Gasteiger partial charge in [-0.05, 0) is 6.92 Å². The fraction of sp³-hybridized carbons (Fsp3) is 0.571. The molecule has 0 saturated heterocycles. The minimum atomic E-state index is -1.62. The minimum absolute atomic E-state index is 0.536. The molecule has 0 rings (SSSR count). The van der Waals surface area contributed by atoms with E-state index in [0.717, 1.165) is 6.92 Å². The van der Waals surface area contributed by atoms with Crippen molar-refractivity contribution in [3.63, 3.8) is 0 Å². The Morgan fingerprint density at radius 3 is 1.96 bits per heavy atom.